The maximum absolute atomic E-state index is 12.4. The second kappa shape index (κ2) is 5.72. The molecule has 1 aromatic carbocycles. The van der Waals surface area contributed by atoms with Crippen LogP contribution >= 0.6 is 0 Å². The Balaban J connectivity index is 1.72. The van der Waals surface area contributed by atoms with Crippen molar-refractivity contribution in [3.8, 4) is 0 Å². The van der Waals surface area contributed by atoms with Crippen molar-refractivity contribution in [1.29, 1.82) is 0 Å². The Morgan fingerprint density at radius 2 is 2.19 bits per heavy atom. The molecule has 110 valence electrons. The molecule has 0 saturated carbocycles. The van der Waals surface area contributed by atoms with Crippen molar-refractivity contribution >= 4 is 11.9 Å². The van der Waals surface area contributed by atoms with Gasteiger partial charge in [-0.05, 0) is 42.4 Å². The van der Waals surface area contributed by atoms with Crippen LogP contribution in [-0.2, 0) is 17.8 Å². The Labute approximate surface area is 124 Å². The molecule has 1 heterocycles. The maximum Gasteiger partial charge on any atom is 0.335 e. The monoisotopic (exact) mass is 285 g/mol. The minimum absolute atomic E-state index is 0.179. The number of nitrogens with zero attached hydrogens (tertiary/aromatic N) is 1. The molecule has 1 atom stereocenters. The molecule has 4 heteroatoms. The van der Waals surface area contributed by atoms with Crippen LogP contribution in [0, 0.1) is 5.92 Å². The molecule has 0 radical (unpaired) electrons. The standard InChI is InChI=1S/C17H19NO3/c19-16(10-12-4-1-2-5-12)18-9-8-14-13(11-18)6-3-7-15(14)17(20)21/h1,3-4,6-7,12H,2,5,8-11H2,(H,20,21). The number of aromatic carboxylic acids is 1. The minimum atomic E-state index is -0.886. The Hall–Kier alpha value is -2.10. The van der Waals surface area contributed by atoms with Crippen molar-refractivity contribution < 1.29 is 14.7 Å². The van der Waals surface area contributed by atoms with Crippen molar-refractivity contribution in [3.63, 3.8) is 0 Å². The van der Waals surface area contributed by atoms with E-state index in [-0.39, 0.29) is 5.91 Å². The average Bonchev–Trinajstić information content (AvgIpc) is 2.98. The summed E-state index contributed by atoms with van der Waals surface area (Å²) in [6.45, 7) is 1.15. The molecule has 0 spiro atoms. The van der Waals surface area contributed by atoms with Gasteiger partial charge in [-0.1, -0.05) is 24.3 Å². The van der Waals surface area contributed by atoms with Gasteiger partial charge in [0.25, 0.3) is 0 Å². The lowest BCUT2D eigenvalue weighted by molar-refractivity contribution is -0.132. The smallest absolute Gasteiger partial charge is 0.335 e. The quantitative estimate of drug-likeness (QED) is 0.869. The molecule has 0 aromatic heterocycles. The van der Waals surface area contributed by atoms with E-state index in [4.69, 9.17) is 0 Å². The highest BCUT2D eigenvalue weighted by atomic mass is 16.4. The summed E-state index contributed by atoms with van der Waals surface area (Å²) in [6, 6.07) is 5.33. The topological polar surface area (TPSA) is 57.6 Å². The molecule has 0 fully saturated rings. The molecule has 3 rings (SSSR count). The Bertz CT molecular complexity index is 606. The van der Waals surface area contributed by atoms with Crippen molar-refractivity contribution in [3.05, 3.63) is 47.0 Å². The van der Waals surface area contributed by atoms with E-state index in [2.05, 4.69) is 12.2 Å². The first-order chi connectivity index (χ1) is 10.1. The Kier molecular flexibility index (Phi) is 3.78. The number of carboxylic acids is 1. The van der Waals surface area contributed by atoms with Gasteiger partial charge in [-0.2, -0.15) is 0 Å². The summed E-state index contributed by atoms with van der Waals surface area (Å²) in [7, 11) is 0. The summed E-state index contributed by atoms with van der Waals surface area (Å²) in [6.07, 6.45) is 7.62. The number of allylic oxidation sites excluding steroid dienone is 2. The summed E-state index contributed by atoms with van der Waals surface area (Å²) in [5.74, 6) is -0.329. The van der Waals surface area contributed by atoms with Crippen molar-refractivity contribution in [2.45, 2.75) is 32.2 Å². The van der Waals surface area contributed by atoms with Gasteiger partial charge in [-0.25, -0.2) is 4.79 Å². The largest absolute Gasteiger partial charge is 0.478 e. The van der Waals surface area contributed by atoms with E-state index in [9.17, 15) is 14.7 Å². The van der Waals surface area contributed by atoms with E-state index in [0.717, 1.165) is 24.0 Å². The molecule has 0 bridgehead atoms. The third-order valence-corrected chi connectivity index (χ3v) is 4.40. The Morgan fingerprint density at radius 3 is 2.90 bits per heavy atom. The van der Waals surface area contributed by atoms with E-state index in [1.165, 1.54) is 0 Å². The summed E-state index contributed by atoms with van der Waals surface area (Å²) in [5.41, 5.74) is 2.23. The summed E-state index contributed by atoms with van der Waals surface area (Å²) in [4.78, 5) is 25.4. The average molecular weight is 285 g/mol. The number of carbonyl (C=O) groups excluding carboxylic acids is 1. The highest BCUT2D eigenvalue weighted by molar-refractivity contribution is 5.90. The van der Waals surface area contributed by atoms with Crippen LogP contribution in [0.2, 0.25) is 0 Å². The van der Waals surface area contributed by atoms with Crippen LogP contribution in [0.1, 0.15) is 40.7 Å². The molecular weight excluding hydrogens is 266 g/mol. The molecule has 1 unspecified atom stereocenters. The lowest BCUT2D eigenvalue weighted by Gasteiger charge is -2.30. The molecule has 1 N–H and O–H groups in total. The van der Waals surface area contributed by atoms with Gasteiger partial charge < -0.3 is 10.0 Å². The molecule has 1 aliphatic carbocycles. The van der Waals surface area contributed by atoms with Gasteiger partial charge in [0.05, 0.1) is 5.56 Å². The highest BCUT2D eigenvalue weighted by Gasteiger charge is 2.25. The first-order valence-electron chi connectivity index (χ1n) is 7.43. The number of hydrogen-bond acceptors (Lipinski definition) is 2. The van der Waals surface area contributed by atoms with E-state index in [1.54, 1.807) is 12.1 Å². The minimum Gasteiger partial charge on any atom is -0.478 e. The predicted molar refractivity (Wildman–Crippen MR) is 79.0 cm³/mol. The van der Waals surface area contributed by atoms with E-state index in [0.29, 0.717) is 37.4 Å². The van der Waals surface area contributed by atoms with Crippen LogP contribution in [-0.4, -0.2) is 28.4 Å². The fourth-order valence-corrected chi connectivity index (χ4v) is 3.24. The molecule has 21 heavy (non-hydrogen) atoms. The summed E-state index contributed by atoms with van der Waals surface area (Å²) in [5, 5.41) is 9.22. The predicted octanol–water partition coefficient (Wildman–Crippen LogP) is 2.63. The van der Waals surface area contributed by atoms with Crippen molar-refractivity contribution in [2.75, 3.05) is 6.54 Å². The van der Waals surface area contributed by atoms with Gasteiger partial charge >= 0.3 is 5.97 Å². The lowest BCUT2D eigenvalue weighted by atomic mass is 9.94. The van der Waals surface area contributed by atoms with Gasteiger partial charge in [0.15, 0.2) is 0 Å². The highest BCUT2D eigenvalue weighted by Crippen LogP contribution is 2.26. The van der Waals surface area contributed by atoms with Crippen LogP contribution in [0.5, 0.6) is 0 Å². The van der Waals surface area contributed by atoms with Gasteiger partial charge in [0.2, 0.25) is 5.91 Å². The fraction of sp³-hybridized carbons (Fsp3) is 0.412. The van der Waals surface area contributed by atoms with Crippen molar-refractivity contribution in [2.24, 2.45) is 5.92 Å². The van der Waals surface area contributed by atoms with E-state index >= 15 is 0 Å². The van der Waals surface area contributed by atoms with E-state index in [1.807, 2.05) is 11.0 Å². The Morgan fingerprint density at radius 1 is 1.33 bits per heavy atom. The van der Waals surface area contributed by atoms with Gasteiger partial charge in [-0.3, -0.25) is 4.79 Å². The van der Waals surface area contributed by atoms with Crippen LogP contribution in [0.25, 0.3) is 0 Å². The second-order valence-electron chi connectivity index (χ2n) is 5.78. The second-order valence-corrected chi connectivity index (χ2v) is 5.78. The van der Waals surface area contributed by atoms with Crippen LogP contribution in [0.15, 0.2) is 30.4 Å². The number of carbonyl (C=O) groups is 2. The number of rotatable bonds is 3. The van der Waals surface area contributed by atoms with E-state index < -0.39 is 5.97 Å². The first-order valence-corrected chi connectivity index (χ1v) is 7.43. The molecule has 4 nitrogen and oxygen atoms in total. The van der Waals surface area contributed by atoms with Crippen LogP contribution < -0.4 is 0 Å². The molecular formula is C17H19NO3. The van der Waals surface area contributed by atoms with Gasteiger partial charge in [0.1, 0.15) is 0 Å². The zero-order valence-electron chi connectivity index (χ0n) is 11.9. The molecule has 1 aromatic rings. The molecule has 2 aliphatic rings. The molecule has 1 amide bonds. The van der Waals surface area contributed by atoms with Crippen molar-refractivity contribution in [1.82, 2.24) is 4.90 Å². The third-order valence-electron chi connectivity index (χ3n) is 4.40. The van der Waals surface area contributed by atoms with Gasteiger partial charge in [-0.15, -0.1) is 0 Å². The number of fused-ring (bicyclic) bond motifs is 1. The fourth-order valence-electron chi connectivity index (χ4n) is 3.24. The number of benzene rings is 1. The summed E-state index contributed by atoms with van der Waals surface area (Å²) < 4.78 is 0. The first kappa shape index (κ1) is 13.9. The normalized spacial score (nSPS) is 20.4. The lowest BCUT2D eigenvalue weighted by Crippen LogP contribution is -2.37. The zero-order chi connectivity index (χ0) is 14.8. The molecule has 1 aliphatic heterocycles. The maximum atomic E-state index is 12.4. The number of carboxylic acid groups (broad SMARTS) is 1. The summed E-state index contributed by atoms with van der Waals surface area (Å²) >= 11 is 0. The van der Waals surface area contributed by atoms with Crippen LogP contribution in [0.4, 0.5) is 0 Å². The number of hydrogen-bond donors (Lipinski definition) is 1. The third kappa shape index (κ3) is 2.84. The molecule has 0 saturated heterocycles. The van der Waals surface area contributed by atoms with Gasteiger partial charge in [0, 0.05) is 19.5 Å². The zero-order valence-corrected chi connectivity index (χ0v) is 11.9. The number of amides is 1. The van der Waals surface area contributed by atoms with Crippen LogP contribution in [0.3, 0.4) is 0 Å². The SMILES string of the molecule is O=C(O)c1cccc2c1CCN(C(=O)CC1C=CCC1)C2.